The molecule has 0 aromatic heterocycles. The largest absolute Gasteiger partial charge is 0.461 e. The molecule has 2 rings (SSSR count). The predicted molar refractivity (Wildman–Crippen MR) is 95.9 cm³/mol. The molecule has 26 heavy (non-hydrogen) atoms. The fourth-order valence-corrected chi connectivity index (χ4v) is 2.27. The van der Waals surface area contributed by atoms with Crippen molar-refractivity contribution in [2.45, 2.75) is 33.0 Å². The number of aldehydes is 1. The molecule has 0 N–H and O–H groups in total. The summed E-state index contributed by atoms with van der Waals surface area (Å²) in [7, 11) is 0. The monoisotopic (exact) mass is 354 g/mol. The van der Waals surface area contributed by atoms with Crippen molar-refractivity contribution in [3.63, 3.8) is 0 Å². The van der Waals surface area contributed by atoms with E-state index in [0.717, 1.165) is 11.1 Å². The SMILES string of the molecule is CC(C=O)(CCC(=O)OCc1ccccc1)C(=O)OCc1ccccc1. The molecule has 0 heterocycles. The van der Waals surface area contributed by atoms with E-state index in [1.165, 1.54) is 6.92 Å². The summed E-state index contributed by atoms with van der Waals surface area (Å²) in [6, 6.07) is 18.5. The summed E-state index contributed by atoms with van der Waals surface area (Å²) in [5.74, 6) is -1.11. The van der Waals surface area contributed by atoms with Crippen LogP contribution in [0.5, 0.6) is 0 Å². The highest BCUT2D eigenvalue weighted by atomic mass is 16.5. The van der Waals surface area contributed by atoms with Crippen LogP contribution in [0.4, 0.5) is 0 Å². The molecule has 5 heteroatoms. The van der Waals surface area contributed by atoms with Gasteiger partial charge in [-0.1, -0.05) is 60.7 Å². The van der Waals surface area contributed by atoms with Crippen LogP contribution in [0.2, 0.25) is 0 Å². The first-order chi connectivity index (χ1) is 12.5. The van der Waals surface area contributed by atoms with Crippen molar-refractivity contribution in [1.29, 1.82) is 0 Å². The number of hydrogen-bond acceptors (Lipinski definition) is 5. The molecule has 0 bridgehead atoms. The van der Waals surface area contributed by atoms with Gasteiger partial charge in [-0.15, -0.1) is 0 Å². The van der Waals surface area contributed by atoms with E-state index in [-0.39, 0.29) is 26.1 Å². The Morgan fingerprint density at radius 1 is 0.885 bits per heavy atom. The average Bonchev–Trinajstić information content (AvgIpc) is 2.70. The van der Waals surface area contributed by atoms with Crippen molar-refractivity contribution < 1.29 is 23.9 Å². The number of hydrogen-bond donors (Lipinski definition) is 0. The highest BCUT2D eigenvalue weighted by Gasteiger charge is 2.35. The lowest BCUT2D eigenvalue weighted by molar-refractivity contribution is -0.159. The Hall–Kier alpha value is -2.95. The summed E-state index contributed by atoms with van der Waals surface area (Å²) < 4.78 is 10.4. The van der Waals surface area contributed by atoms with Crippen molar-refractivity contribution in [1.82, 2.24) is 0 Å². The molecule has 0 radical (unpaired) electrons. The van der Waals surface area contributed by atoms with E-state index in [0.29, 0.717) is 6.29 Å². The molecular weight excluding hydrogens is 332 g/mol. The van der Waals surface area contributed by atoms with Gasteiger partial charge in [-0.25, -0.2) is 0 Å². The molecule has 0 saturated carbocycles. The minimum absolute atomic E-state index is 0.0392. The van der Waals surface area contributed by atoms with E-state index in [1.807, 2.05) is 60.7 Å². The second kappa shape index (κ2) is 9.51. The Balaban J connectivity index is 1.81. The number of carbonyl (C=O) groups excluding carboxylic acids is 3. The molecule has 1 unspecified atom stereocenters. The first-order valence-corrected chi connectivity index (χ1v) is 8.40. The Bertz CT molecular complexity index is 727. The summed E-state index contributed by atoms with van der Waals surface area (Å²) >= 11 is 0. The van der Waals surface area contributed by atoms with Crippen LogP contribution in [0.1, 0.15) is 30.9 Å². The highest BCUT2D eigenvalue weighted by molar-refractivity contribution is 5.93. The van der Waals surface area contributed by atoms with Gasteiger partial charge in [-0.05, 0) is 24.5 Å². The second-order valence-corrected chi connectivity index (χ2v) is 6.24. The highest BCUT2D eigenvalue weighted by Crippen LogP contribution is 2.23. The van der Waals surface area contributed by atoms with Crippen molar-refractivity contribution in [2.75, 3.05) is 0 Å². The maximum atomic E-state index is 12.3. The van der Waals surface area contributed by atoms with E-state index in [1.54, 1.807) is 0 Å². The fourth-order valence-electron chi connectivity index (χ4n) is 2.27. The molecule has 0 fully saturated rings. The molecule has 0 aliphatic rings. The normalized spacial score (nSPS) is 12.7. The second-order valence-electron chi connectivity index (χ2n) is 6.24. The number of ether oxygens (including phenoxy) is 2. The minimum Gasteiger partial charge on any atom is -0.461 e. The van der Waals surface area contributed by atoms with E-state index in [2.05, 4.69) is 0 Å². The van der Waals surface area contributed by atoms with Crippen LogP contribution in [0.25, 0.3) is 0 Å². The van der Waals surface area contributed by atoms with Crippen molar-refractivity contribution in [3.8, 4) is 0 Å². The van der Waals surface area contributed by atoms with Gasteiger partial charge in [0.25, 0.3) is 0 Å². The number of esters is 2. The van der Waals surface area contributed by atoms with Crippen molar-refractivity contribution in [3.05, 3.63) is 71.8 Å². The molecule has 0 aliphatic carbocycles. The number of rotatable bonds is 9. The van der Waals surface area contributed by atoms with Gasteiger partial charge in [-0.3, -0.25) is 9.59 Å². The van der Waals surface area contributed by atoms with Crippen LogP contribution in [-0.2, 0) is 37.1 Å². The van der Waals surface area contributed by atoms with E-state index < -0.39 is 17.4 Å². The summed E-state index contributed by atoms with van der Waals surface area (Å²) in [5, 5.41) is 0. The third kappa shape index (κ3) is 5.84. The third-order valence-electron chi connectivity index (χ3n) is 4.03. The standard InChI is InChI=1S/C21H22O5/c1-21(16-22,20(24)26-15-18-10-6-3-7-11-18)13-12-19(23)25-14-17-8-4-2-5-9-17/h2-11,16H,12-15H2,1H3. The van der Waals surface area contributed by atoms with Gasteiger partial charge in [0.1, 0.15) is 24.9 Å². The zero-order valence-electron chi connectivity index (χ0n) is 14.7. The fraction of sp³-hybridized carbons (Fsp3) is 0.286. The van der Waals surface area contributed by atoms with Crippen LogP contribution >= 0.6 is 0 Å². The molecule has 2 aromatic carbocycles. The van der Waals surface area contributed by atoms with Crippen LogP contribution in [0.3, 0.4) is 0 Å². The molecule has 0 aliphatic heterocycles. The first-order valence-electron chi connectivity index (χ1n) is 8.40. The predicted octanol–water partition coefficient (Wildman–Crippen LogP) is 3.46. The van der Waals surface area contributed by atoms with Crippen LogP contribution in [0.15, 0.2) is 60.7 Å². The third-order valence-corrected chi connectivity index (χ3v) is 4.03. The molecule has 136 valence electrons. The maximum absolute atomic E-state index is 12.3. The van der Waals surface area contributed by atoms with E-state index in [9.17, 15) is 14.4 Å². The van der Waals surface area contributed by atoms with Crippen molar-refractivity contribution >= 4 is 18.2 Å². The van der Waals surface area contributed by atoms with Crippen LogP contribution < -0.4 is 0 Å². The van der Waals surface area contributed by atoms with E-state index in [4.69, 9.17) is 9.47 Å². The molecule has 2 aromatic rings. The Morgan fingerprint density at radius 2 is 1.38 bits per heavy atom. The molecule has 0 amide bonds. The summed E-state index contributed by atoms with van der Waals surface area (Å²) in [6.45, 7) is 1.72. The summed E-state index contributed by atoms with van der Waals surface area (Å²) in [4.78, 5) is 35.6. The van der Waals surface area contributed by atoms with Gasteiger partial charge >= 0.3 is 11.9 Å². The molecule has 1 atom stereocenters. The average molecular weight is 354 g/mol. The first kappa shape index (κ1) is 19.4. The smallest absolute Gasteiger partial charge is 0.319 e. The van der Waals surface area contributed by atoms with Crippen LogP contribution in [-0.4, -0.2) is 18.2 Å². The number of benzene rings is 2. The minimum atomic E-state index is -1.37. The Morgan fingerprint density at radius 3 is 1.88 bits per heavy atom. The van der Waals surface area contributed by atoms with Gasteiger partial charge in [0.15, 0.2) is 0 Å². The topological polar surface area (TPSA) is 69.7 Å². The zero-order chi connectivity index (χ0) is 18.8. The molecule has 0 spiro atoms. The lowest BCUT2D eigenvalue weighted by Crippen LogP contribution is -2.32. The number of carbonyl (C=O) groups is 3. The van der Waals surface area contributed by atoms with Gasteiger partial charge in [0.05, 0.1) is 0 Å². The summed E-state index contributed by atoms with van der Waals surface area (Å²) in [6.07, 6.45) is 0.533. The van der Waals surface area contributed by atoms with Gasteiger partial charge < -0.3 is 14.3 Å². The Kier molecular flexibility index (Phi) is 7.09. The zero-order valence-corrected chi connectivity index (χ0v) is 14.7. The lowest BCUT2D eigenvalue weighted by atomic mass is 9.87. The molecular formula is C21H22O5. The molecule has 0 saturated heterocycles. The molecule has 5 nitrogen and oxygen atoms in total. The van der Waals surface area contributed by atoms with Crippen LogP contribution in [0, 0.1) is 5.41 Å². The Labute approximate surface area is 152 Å². The van der Waals surface area contributed by atoms with E-state index >= 15 is 0 Å². The van der Waals surface area contributed by atoms with Gasteiger partial charge in [-0.2, -0.15) is 0 Å². The lowest BCUT2D eigenvalue weighted by Gasteiger charge is -2.20. The summed E-state index contributed by atoms with van der Waals surface area (Å²) in [5.41, 5.74) is 0.332. The quantitative estimate of drug-likeness (QED) is 0.392. The van der Waals surface area contributed by atoms with Gasteiger partial charge in [0, 0.05) is 6.42 Å². The van der Waals surface area contributed by atoms with Gasteiger partial charge in [0.2, 0.25) is 0 Å². The van der Waals surface area contributed by atoms with Crippen molar-refractivity contribution in [2.24, 2.45) is 5.41 Å². The maximum Gasteiger partial charge on any atom is 0.319 e.